The van der Waals surface area contributed by atoms with E-state index in [1.165, 1.54) is 4.90 Å². The number of aliphatic hydroxyl groups excluding tert-OH is 1. The molecule has 0 aliphatic heterocycles. The summed E-state index contributed by atoms with van der Waals surface area (Å²) in [7, 11) is 4.21. The molecule has 1 heterocycles. The molecule has 0 aliphatic rings. The molecule has 7 nitrogen and oxygen atoms in total. The number of fused-ring (bicyclic) bond motifs is 1. The number of benzene rings is 2. The van der Waals surface area contributed by atoms with E-state index < -0.39 is 12.1 Å². The van der Waals surface area contributed by atoms with Crippen molar-refractivity contribution in [1.82, 2.24) is 0 Å². The van der Waals surface area contributed by atoms with Crippen LogP contribution in [0.15, 0.2) is 52.9 Å². The van der Waals surface area contributed by atoms with Gasteiger partial charge in [-0.2, -0.15) is 0 Å². The minimum Gasteiger partial charge on any atom is -0.491 e. The minimum atomic E-state index is -0.582. The summed E-state index contributed by atoms with van der Waals surface area (Å²) in [4.78, 5) is 14.1. The number of hydrogen-bond acceptors (Lipinski definition) is 5. The van der Waals surface area contributed by atoms with Crippen molar-refractivity contribution in [2.75, 3.05) is 46.9 Å². The molecule has 7 heteroatoms. The van der Waals surface area contributed by atoms with E-state index in [0.29, 0.717) is 34.6 Å². The summed E-state index contributed by atoms with van der Waals surface area (Å²) in [5.41, 5.74) is 1.76. The predicted octanol–water partition coefficient (Wildman–Crippen LogP) is 0.724. The summed E-state index contributed by atoms with van der Waals surface area (Å²) in [6, 6.07) is 14.8. The molecule has 0 saturated heterocycles. The molecule has 0 spiro atoms. The Hall–Kier alpha value is -2.87. The number of nitrogens with one attached hydrogen (secondary N) is 1. The fourth-order valence-electron chi connectivity index (χ4n) is 3.33. The number of hydrogen-bond donors (Lipinski definition) is 3. The number of esters is 1. The lowest BCUT2D eigenvalue weighted by molar-refractivity contribution is -0.874. The Balaban J connectivity index is 1.77. The van der Waals surface area contributed by atoms with Crippen molar-refractivity contribution in [2.24, 2.45) is 0 Å². The van der Waals surface area contributed by atoms with Crippen LogP contribution >= 0.6 is 0 Å². The highest BCUT2D eigenvalue weighted by molar-refractivity contribution is 6.09. The third-order valence-corrected chi connectivity index (χ3v) is 4.90. The largest absolute Gasteiger partial charge is 0.491 e. The SMILES string of the molecule is CCOC(=O)c1c(-c2ccccc2)oc2ccc(OC[C@@H](O)C[NH2+]CC[NH+](C)C)cc12. The summed E-state index contributed by atoms with van der Waals surface area (Å²) >= 11 is 0. The number of rotatable bonds is 11. The molecule has 1 aromatic heterocycles. The Morgan fingerprint density at radius 1 is 1.19 bits per heavy atom. The van der Waals surface area contributed by atoms with Gasteiger partial charge in [-0.3, -0.25) is 0 Å². The van der Waals surface area contributed by atoms with Gasteiger partial charge < -0.3 is 29.2 Å². The fourth-order valence-corrected chi connectivity index (χ4v) is 3.33. The minimum absolute atomic E-state index is 0.176. The smallest absolute Gasteiger partial charge is 0.342 e. The first kappa shape index (κ1) is 22.8. The molecular formula is C24H32N2O5+2. The van der Waals surface area contributed by atoms with E-state index in [1.807, 2.05) is 30.3 Å². The average Bonchev–Trinajstić information content (AvgIpc) is 3.15. The van der Waals surface area contributed by atoms with Gasteiger partial charge in [0.1, 0.15) is 55.0 Å². The van der Waals surface area contributed by atoms with Crippen LogP contribution in [0.2, 0.25) is 0 Å². The van der Waals surface area contributed by atoms with Crippen LogP contribution in [0, 0.1) is 0 Å². The Morgan fingerprint density at radius 3 is 2.68 bits per heavy atom. The number of carbonyl (C=O) groups excluding carboxylic acids is 1. The highest BCUT2D eigenvalue weighted by Crippen LogP contribution is 2.36. The van der Waals surface area contributed by atoms with Crippen molar-refractivity contribution in [3.05, 3.63) is 54.1 Å². The van der Waals surface area contributed by atoms with E-state index in [4.69, 9.17) is 13.9 Å². The molecule has 4 N–H and O–H groups in total. The van der Waals surface area contributed by atoms with Crippen molar-refractivity contribution in [3.8, 4) is 17.1 Å². The molecule has 2 aromatic carbocycles. The molecule has 3 aromatic rings. The van der Waals surface area contributed by atoms with Crippen LogP contribution in [0.4, 0.5) is 0 Å². The Bertz CT molecular complexity index is 984. The molecule has 31 heavy (non-hydrogen) atoms. The van der Waals surface area contributed by atoms with Gasteiger partial charge in [0.05, 0.1) is 20.7 Å². The summed E-state index contributed by atoms with van der Waals surface area (Å²) < 4.78 is 17.1. The normalized spacial score (nSPS) is 12.3. The zero-order valence-electron chi connectivity index (χ0n) is 18.4. The maximum Gasteiger partial charge on any atom is 0.342 e. The van der Waals surface area contributed by atoms with Crippen molar-refractivity contribution in [1.29, 1.82) is 0 Å². The van der Waals surface area contributed by atoms with E-state index in [0.717, 1.165) is 18.7 Å². The molecule has 0 saturated carbocycles. The molecule has 0 bridgehead atoms. The highest BCUT2D eigenvalue weighted by Gasteiger charge is 2.23. The number of carbonyl (C=O) groups is 1. The van der Waals surface area contributed by atoms with Crippen LogP contribution in [0.25, 0.3) is 22.3 Å². The number of ether oxygens (including phenoxy) is 2. The van der Waals surface area contributed by atoms with Crippen LogP contribution in [0.3, 0.4) is 0 Å². The van der Waals surface area contributed by atoms with Gasteiger partial charge in [-0.15, -0.1) is 0 Å². The van der Waals surface area contributed by atoms with Crippen LogP contribution in [0.5, 0.6) is 5.75 Å². The standard InChI is InChI=1S/C24H30N2O5/c1-4-29-24(28)22-20-14-19(30-16-18(27)15-25-12-13-26(2)3)10-11-21(20)31-23(22)17-8-6-5-7-9-17/h5-11,14,18,25,27H,4,12-13,15-16H2,1-3H3/p+2/t18-/m0/s1. The number of nitrogens with two attached hydrogens (primary N) is 1. The van der Waals surface area contributed by atoms with Crippen LogP contribution in [0.1, 0.15) is 17.3 Å². The molecular weight excluding hydrogens is 396 g/mol. The second-order valence-corrected chi connectivity index (χ2v) is 7.79. The number of likely N-dealkylation sites (N-methyl/N-ethyl adjacent to an activating group) is 1. The summed E-state index contributed by atoms with van der Waals surface area (Å²) in [5, 5.41) is 12.9. The third-order valence-electron chi connectivity index (χ3n) is 4.90. The first-order valence-electron chi connectivity index (χ1n) is 10.7. The maximum atomic E-state index is 12.7. The van der Waals surface area contributed by atoms with Gasteiger partial charge in [0.15, 0.2) is 0 Å². The van der Waals surface area contributed by atoms with Gasteiger partial charge >= 0.3 is 5.97 Å². The Labute approximate surface area is 182 Å². The van der Waals surface area contributed by atoms with Crippen molar-refractivity contribution in [2.45, 2.75) is 13.0 Å². The van der Waals surface area contributed by atoms with Gasteiger partial charge in [-0.25, -0.2) is 4.79 Å². The van der Waals surface area contributed by atoms with Gasteiger partial charge in [-0.1, -0.05) is 30.3 Å². The third kappa shape index (κ3) is 6.07. The summed E-state index contributed by atoms with van der Waals surface area (Å²) in [5.74, 6) is 0.606. The second kappa shape index (κ2) is 10.9. The maximum absolute atomic E-state index is 12.7. The molecule has 0 fully saturated rings. The topological polar surface area (TPSA) is 90.0 Å². The monoisotopic (exact) mass is 428 g/mol. The second-order valence-electron chi connectivity index (χ2n) is 7.79. The highest BCUT2D eigenvalue weighted by atomic mass is 16.5. The predicted molar refractivity (Wildman–Crippen MR) is 118 cm³/mol. The quantitative estimate of drug-likeness (QED) is 0.309. The van der Waals surface area contributed by atoms with Crippen molar-refractivity contribution < 1.29 is 34.0 Å². The van der Waals surface area contributed by atoms with Crippen LogP contribution in [-0.2, 0) is 4.74 Å². The fraction of sp³-hybridized carbons (Fsp3) is 0.375. The molecule has 0 amide bonds. The Kier molecular flexibility index (Phi) is 8.06. The molecule has 0 radical (unpaired) electrons. The van der Waals surface area contributed by atoms with E-state index >= 15 is 0 Å². The zero-order chi connectivity index (χ0) is 22.2. The lowest BCUT2D eigenvalue weighted by atomic mass is 10.1. The molecule has 1 atom stereocenters. The van der Waals surface area contributed by atoms with Gasteiger partial charge in [0.2, 0.25) is 0 Å². The first-order valence-corrected chi connectivity index (χ1v) is 10.7. The number of furan rings is 1. The van der Waals surface area contributed by atoms with Crippen molar-refractivity contribution in [3.63, 3.8) is 0 Å². The molecule has 0 unspecified atom stereocenters. The van der Waals surface area contributed by atoms with Gasteiger partial charge in [0.25, 0.3) is 0 Å². The van der Waals surface area contributed by atoms with Gasteiger partial charge in [0, 0.05) is 10.9 Å². The van der Waals surface area contributed by atoms with Crippen LogP contribution < -0.4 is 15.0 Å². The molecule has 166 valence electrons. The van der Waals surface area contributed by atoms with E-state index in [9.17, 15) is 9.90 Å². The Morgan fingerprint density at radius 2 is 1.97 bits per heavy atom. The van der Waals surface area contributed by atoms with E-state index in [2.05, 4.69) is 19.4 Å². The lowest BCUT2D eigenvalue weighted by Crippen LogP contribution is -3.09. The molecule has 3 rings (SSSR count). The summed E-state index contributed by atoms with van der Waals surface area (Å²) in [6.07, 6.45) is -0.582. The first-order chi connectivity index (χ1) is 15.0. The van der Waals surface area contributed by atoms with E-state index in [1.54, 1.807) is 25.1 Å². The van der Waals surface area contributed by atoms with Crippen LogP contribution in [-0.4, -0.2) is 64.1 Å². The number of aliphatic hydroxyl groups is 1. The lowest BCUT2D eigenvalue weighted by Gasteiger charge is -2.12. The zero-order valence-corrected chi connectivity index (χ0v) is 18.4. The summed E-state index contributed by atoms with van der Waals surface area (Å²) in [6.45, 7) is 4.78. The molecule has 0 aliphatic carbocycles. The van der Waals surface area contributed by atoms with Crippen molar-refractivity contribution >= 4 is 16.9 Å². The average molecular weight is 429 g/mol. The number of quaternary nitrogens is 2. The van der Waals surface area contributed by atoms with Gasteiger partial charge in [-0.05, 0) is 25.1 Å². The van der Waals surface area contributed by atoms with E-state index in [-0.39, 0.29) is 13.2 Å².